The number of ether oxygens (including phenoxy) is 1. The van der Waals surface area contributed by atoms with Gasteiger partial charge in [0.25, 0.3) is 0 Å². The summed E-state index contributed by atoms with van der Waals surface area (Å²) in [5, 5.41) is 0. The van der Waals surface area contributed by atoms with Crippen LogP contribution in [0.25, 0.3) is 16.9 Å². The lowest BCUT2D eigenvalue weighted by Gasteiger charge is -2.05. The van der Waals surface area contributed by atoms with Crippen molar-refractivity contribution in [3.63, 3.8) is 0 Å². The molecule has 1 aromatic carbocycles. The lowest BCUT2D eigenvalue weighted by atomic mass is 10.1. The second-order valence-electron chi connectivity index (χ2n) is 4.88. The third-order valence-electron chi connectivity index (χ3n) is 3.51. The Bertz CT molecular complexity index is 762. The molecule has 0 saturated heterocycles. The van der Waals surface area contributed by atoms with Crippen LogP contribution in [-0.2, 0) is 5.88 Å². The van der Waals surface area contributed by atoms with Crippen LogP contribution in [0, 0.1) is 6.92 Å². The van der Waals surface area contributed by atoms with E-state index in [0.717, 1.165) is 33.9 Å². The highest BCUT2D eigenvalue weighted by Gasteiger charge is 2.14. The fourth-order valence-electron chi connectivity index (χ4n) is 2.49. The van der Waals surface area contributed by atoms with E-state index >= 15 is 0 Å². The minimum atomic E-state index is 0.424. The number of imidazole rings is 1. The highest BCUT2D eigenvalue weighted by Crippen LogP contribution is 2.28. The Morgan fingerprint density at radius 2 is 1.95 bits per heavy atom. The minimum absolute atomic E-state index is 0.424. The molecule has 3 nitrogen and oxygen atoms in total. The predicted molar refractivity (Wildman–Crippen MR) is 86.1 cm³/mol. The average molecular weight is 301 g/mol. The van der Waals surface area contributed by atoms with E-state index in [0.29, 0.717) is 12.5 Å². The van der Waals surface area contributed by atoms with Gasteiger partial charge in [0, 0.05) is 11.8 Å². The molecule has 0 unspecified atom stereocenters. The number of benzene rings is 1. The normalized spacial score (nSPS) is 11.0. The zero-order valence-electron chi connectivity index (χ0n) is 12.1. The van der Waals surface area contributed by atoms with E-state index in [1.165, 1.54) is 0 Å². The van der Waals surface area contributed by atoms with E-state index in [-0.39, 0.29) is 0 Å². The maximum absolute atomic E-state index is 6.15. The summed E-state index contributed by atoms with van der Waals surface area (Å²) < 4.78 is 7.54. The van der Waals surface area contributed by atoms with Gasteiger partial charge in [-0.3, -0.25) is 0 Å². The Morgan fingerprint density at radius 1 is 1.19 bits per heavy atom. The van der Waals surface area contributed by atoms with Crippen LogP contribution in [0.15, 0.2) is 42.6 Å². The van der Waals surface area contributed by atoms with Crippen LogP contribution in [0.3, 0.4) is 0 Å². The number of aryl methyl sites for hydroxylation is 1. The maximum atomic E-state index is 6.15. The zero-order valence-corrected chi connectivity index (χ0v) is 12.9. The van der Waals surface area contributed by atoms with Crippen molar-refractivity contribution >= 4 is 17.2 Å². The van der Waals surface area contributed by atoms with E-state index < -0.39 is 0 Å². The molecular weight excluding hydrogens is 284 g/mol. The molecule has 0 radical (unpaired) electrons. The molecule has 3 aromatic rings. The Labute approximate surface area is 129 Å². The first-order valence-electron chi connectivity index (χ1n) is 7.00. The van der Waals surface area contributed by atoms with Crippen LogP contribution in [0.1, 0.15) is 18.2 Å². The summed E-state index contributed by atoms with van der Waals surface area (Å²) in [7, 11) is 0. The zero-order chi connectivity index (χ0) is 14.8. The van der Waals surface area contributed by atoms with Crippen LogP contribution in [0.2, 0.25) is 0 Å². The number of aromatic nitrogens is 2. The molecule has 0 N–H and O–H groups in total. The molecule has 0 saturated carbocycles. The lowest BCUT2D eigenvalue weighted by molar-refractivity contribution is 0.340. The Balaban J connectivity index is 2.13. The molecule has 0 amide bonds. The summed E-state index contributed by atoms with van der Waals surface area (Å²) in [6.07, 6.45) is 2.01. The van der Waals surface area contributed by atoms with E-state index in [9.17, 15) is 0 Å². The largest absolute Gasteiger partial charge is 0.494 e. The molecule has 0 spiro atoms. The minimum Gasteiger partial charge on any atom is -0.494 e. The number of halogens is 1. The highest BCUT2D eigenvalue weighted by molar-refractivity contribution is 6.17. The summed E-state index contributed by atoms with van der Waals surface area (Å²) in [5.74, 6) is 1.29. The first-order valence-corrected chi connectivity index (χ1v) is 7.53. The van der Waals surface area contributed by atoms with Crippen molar-refractivity contribution in [3.05, 3.63) is 53.9 Å². The maximum Gasteiger partial charge on any atom is 0.140 e. The van der Waals surface area contributed by atoms with Crippen LogP contribution < -0.4 is 4.74 Å². The van der Waals surface area contributed by atoms with Gasteiger partial charge in [0.15, 0.2) is 0 Å². The molecule has 0 aliphatic carbocycles. The van der Waals surface area contributed by atoms with Gasteiger partial charge < -0.3 is 9.14 Å². The van der Waals surface area contributed by atoms with Crippen molar-refractivity contribution in [3.8, 4) is 17.0 Å². The molecule has 0 aliphatic rings. The number of rotatable bonds is 4. The number of nitrogens with zero attached hydrogens (tertiary/aromatic N) is 2. The first kappa shape index (κ1) is 14.0. The fraction of sp³-hybridized carbons (Fsp3) is 0.235. The summed E-state index contributed by atoms with van der Waals surface area (Å²) in [6.45, 7) is 4.70. The van der Waals surface area contributed by atoms with E-state index in [1.54, 1.807) is 0 Å². The fourth-order valence-corrected chi connectivity index (χ4v) is 2.74. The molecule has 2 aromatic heterocycles. The summed E-state index contributed by atoms with van der Waals surface area (Å²) >= 11 is 6.15. The lowest BCUT2D eigenvalue weighted by Crippen LogP contribution is -1.93. The van der Waals surface area contributed by atoms with E-state index in [2.05, 4.69) is 17.4 Å². The molecule has 21 heavy (non-hydrogen) atoms. The Morgan fingerprint density at radius 3 is 2.62 bits per heavy atom. The molecule has 0 aliphatic heterocycles. The van der Waals surface area contributed by atoms with Crippen LogP contribution in [0.4, 0.5) is 0 Å². The van der Waals surface area contributed by atoms with Crippen molar-refractivity contribution in [2.45, 2.75) is 19.7 Å². The topological polar surface area (TPSA) is 26.5 Å². The molecular formula is C17H17ClN2O. The second kappa shape index (κ2) is 5.78. The van der Waals surface area contributed by atoms with Crippen molar-refractivity contribution in [1.29, 1.82) is 0 Å². The summed E-state index contributed by atoms with van der Waals surface area (Å²) in [6, 6.07) is 12.1. The quantitative estimate of drug-likeness (QED) is 0.666. The van der Waals surface area contributed by atoms with Gasteiger partial charge in [-0.25, -0.2) is 4.98 Å². The number of hydrogen-bond acceptors (Lipinski definition) is 2. The van der Waals surface area contributed by atoms with Gasteiger partial charge in [-0.05, 0) is 49.7 Å². The Hall–Kier alpha value is -2.00. The highest BCUT2D eigenvalue weighted by atomic mass is 35.5. The average Bonchev–Trinajstić information content (AvgIpc) is 2.88. The second-order valence-corrected chi connectivity index (χ2v) is 5.15. The smallest absolute Gasteiger partial charge is 0.140 e. The van der Waals surface area contributed by atoms with E-state index in [4.69, 9.17) is 21.3 Å². The van der Waals surface area contributed by atoms with Gasteiger partial charge in [0.2, 0.25) is 0 Å². The third-order valence-corrected chi connectivity index (χ3v) is 3.76. The Kier molecular flexibility index (Phi) is 3.84. The number of fused-ring (bicyclic) bond motifs is 1. The van der Waals surface area contributed by atoms with Gasteiger partial charge in [-0.2, -0.15) is 0 Å². The van der Waals surface area contributed by atoms with Gasteiger partial charge in [-0.1, -0.05) is 6.07 Å². The van der Waals surface area contributed by atoms with Gasteiger partial charge >= 0.3 is 0 Å². The molecule has 0 fully saturated rings. The van der Waals surface area contributed by atoms with Gasteiger partial charge in [0.05, 0.1) is 23.9 Å². The van der Waals surface area contributed by atoms with Crippen molar-refractivity contribution in [2.24, 2.45) is 0 Å². The molecule has 4 heteroatoms. The molecule has 3 rings (SSSR count). The van der Waals surface area contributed by atoms with Crippen molar-refractivity contribution in [1.82, 2.24) is 9.38 Å². The van der Waals surface area contributed by atoms with Crippen molar-refractivity contribution in [2.75, 3.05) is 6.61 Å². The van der Waals surface area contributed by atoms with Crippen LogP contribution in [0.5, 0.6) is 5.75 Å². The molecule has 0 bridgehead atoms. The van der Waals surface area contributed by atoms with E-state index in [1.807, 2.05) is 43.5 Å². The predicted octanol–water partition coefficient (Wildman–Crippen LogP) is 4.45. The number of alkyl halides is 1. The summed E-state index contributed by atoms with van der Waals surface area (Å²) in [5.41, 5.74) is 5.09. The number of hydrogen-bond donors (Lipinski definition) is 0. The first-order chi connectivity index (χ1) is 10.2. The third kappa shape index (κ3) is 2.49. The summed E-state index contributed by atoms with van der Waals surface area (Å²) in [4.78, 5) is 4.77. The van der Waals surface area contributed by atoms with Gasteiger partial charge in [-0.15, -0.1) is 11.6 Å². The molecule has 0 atom stereocenters. The molecule has 2 heterocycles. The van der Waals surface area contributed by atoms with Crippen LogP contribution in [-0.4, -0.2) is 16.0 Å². The van der Waals surface area contributed by atoms with Crippen LogP contribution >= 0.6 is 11.6 Å². The van der Waals surface area contributed by atoms with Crippen molar-refractivity contribution < 1.29 is 4.74 Å². The standard InChI is InChI=1S/C17H17ClN2O/c1-3-21-14-8-6-13(7-9-14)16-15(11-18)20-10-4-5-12(2)17(20)19-16/h4-10H,3,11H2,1-2H3. The monoisotopic (exact) mass is 300 g/mol. The number of pyridine rings is 1. The SMILES string of the molecule is CCOc1ccc(-c2nc3c(C)cccn3c2CCl)cc1. The molecule has 108 valence electrons. The van der Waals surface area contributed by atoms with Gasteiger partial charge in [0.1, 0.15) is 11.4 Å².